The lowest BCUT2D eigenvalue weighted by Gasteiger charge is -2.14. The molecule has 0 spiro atoms. The van der Waals surface area contributed by atoms with E-state index in [1.807, 2.05) is 37.2 Å². The molecule has 3 heteroatoms. The number of pyridine rings is 3. The third kappa shape index (κ3) is 5.36. The van der Waals surface area contributed by atoms with E-state index in [2.05, 4.69) is 142 Å². The zero-order valence-electron chi connectivity index (χ0n) is 22.9. The maximum atomic E-state index is 4.19. The van der Waals surface area contributed by atoms with Crippen molar-refractivity contribution in [2.75, 3.05) is 0 Å². The molecule has 198 valence electrons. The summed E-state index contributed by atoms with van der Waals surface area (Å²) in [6.45, 7) is 0. The standard InChI is InChI=1S/C39H27N3/c1-4-31(28-10-16-40-17-11-28)22-34(7-1)37-25-38(35-8-2-5-32(23-35)29-12-18-41-19-13-29)27-39(26-37)36-9-3-6-33(24-36)30-14-20-42-21-15-30/h1-27H. The highest BCUT2D eigenvalue weighted by molar-refractivity contribution is 5.85. The maximum absolute atomic E-state index is 4.19. The Morgan fingerprint density at radius 2 is 0.429 bits per heavy atom. The van der Waals surface area contributed by atoms with Crippen molar-refractivity contribution in [3.8, 4) is 66.8 Å². The molecule has 0 aliphatic heterocycles. The van der Waals surface area contributed by atoms with Crippen molar-refractivity contribution in [1.82, 2.24) is 15.0 Å². The van der Waals surface area contributed by atoms with Crippen molar-refractivity contribution in [2.45, 2.75) is 0 Å². The normalized spacial score (nSPS) is 10.9. The van der Waals surface area contributed by atoms with E-state index < -0.39 is 0 Å². The first-order valence-electron chi connectivity index (χ1n) is 14.0. The Bertz CT molecular complexity index is 1720. The molecule has 3 heterocycles. The lowest BCUT2D eigenvalue weighted by atomic mass is 9.90. The van der Waals surface area contributed by atoms with Gasteiger partial charge in [-0.2, -0.15) is 0 Å². The summed E-state index contributed by atoms with van der Waals surface area (Å²) in [4.78, 5) is 12.6. The maximum Gasteiger partial charge on any atom is 0.0273 e. The van der Waals surface area contributed by atoms with E-state index in [1.165, 1.54) is 50.1 Å². The summed E-state index contributed by atoms with van der Waals surface area (Å²) in [6.07, 6.45) is 11.0. The van der Waals surface area contributed by atoms with Gasteiger partial charge < -0.3 is 0 Å². The van der Waals surface area contributed by atoms with E-state index in [4.69, 9.17) is 0 Å². The largest absolute Gasteiger partial charge is 0.265 e. The lowest BCUT2D eigenvalue weighted by molar-refractivity contribution is 1.33. The van der Waals surface area contributed by atoms with Crippen molar-refractivity contribution in [1.29, 1.82) is 0 Å². The average Bonchev–Trinajstić information content (AvgIpc) is 3.09. The Kier molecular flexibility index (Phi) is 6.89. The molecule has 0 amide bonds. The Labute approximate surface area is 245 Å². The fourth-order valence-electron chi connectivity index (χ4n) is 5.40. The summed E-state index contributed by atoms with van der Waals surface area (Å²) in [6, 6.07) is 45.4. The van der Waals surface area contributed by atoms with Crippen molar-refractivity contribution in [3.05, 3.63) is 165 Å². The average molecular weight is 538 g/mol. The molecule has 0 radical (unpaired) electrons. The van der Waals surface area contributed by atoms with Gasteiger partial charge in [0.25, 0.3) is 0 Å². The molecule has 0 aliphatic rings. The topological polar surface area (TPSA) is 38.7 Å². The molecule has 4 aromatic carbocycles. The molecule has 7 rings (SSSR count). The fraction of sp³-hybridized carbons (Fsp3) is 0. The van der Waals surface area contributed by atoms with Gasteiger partial charge in [0.05, 0.1) is 0 Å². The van der Waals surface area contributed by atoms with Crippen LogP contribution in [0.3, 0.4) is 0 Å². The molecule has 0 saturated carbocycles. The first kappa shape index (κ1) is 25.3. The molecule has 0 aliphatic carbocycles. The first-order valence-corrected chi connectivity index (χ1v) is 14.0. The number of nitrogens with zero attached hydrogens (tertiary/aromatic N) is 3. The van der Waals surface area contributed by atoms with Gasteiger partial charge in [0, 0.05) is 37.2 Å². The fourth-order valence-corrected chi connectivity index (χ4v) is 5.40. The van der Waals surface area contributed by atoms with Crippen LogP contribution >= 0.6 is 0 Å². The van der Waals surface area contributed by atoms with Crippen molar-refractivity contribution in [2.24, 2.45) is 0 Å². The Morgan fingerprint density at radius 3 is 0.690 bits per heavy atom. The van der Waals surface area contributed by atoms with Crippen molar-refractivity contribution >= 4 is 0 Å². The van der Waals surface area contributed by atoms with Crippen LogP contribution in [0.1, 0.15) is 0 Å². The summed E-state index contributed by atoms with van der Waals surface area (Å²) in [5.41, 5.74) is 14.0. The summed E-state index contributed by atoms with van der Waals surface area (Å²) >= 11 is 0. The molecule has 0 N–H and O–H groups in total. The van der Waals surface area contributed by atoms with Gasteiger partial charge in [0.2, 0.25) is 0 Å². The minimum Gasteiger partial charge on any atom is -0.265 e. The molecule has 3 aromatic heterocycles. The van der Waals surface area contributed by atoms with E-state index in [0.29, 0.717) is 0 Å². The number of aromatic nitrogens is 3. The quantitative estimate of drug-likeness (QED) is 0.212. The van der Waals surface area contributed by atoms with Gasteiger partial charge in [-0.15, -0.1) is 0 Å². The highest BCUT2D eigenvalue weighted by Crippen LogP contribution is 2.36. The highest BCUT2D eigenvalue weighted by atomic mass is 14.6. The molecular weight excluding hydrogens is 510 g/mol. The first-order chi connectivity index (χ1) is 20.8. The van der Waals surface area contributed by atoms with E-state index >= 15 is 0 Å². The van der Waals surface area contributed by atoms with Crippen LogP contribution in [0.2, 0.25) is 0 Å². The van der Waals surface area contributed by atoms with Crippen LogP contribution in [-0.2, 0) is 0 Å². The van der Waals surface area contributed by atoms with Gasteiger partial charge in [-0.25, -0.2) is 0 Å². The van der Waals surface area contributed by atoms with Gasteiger partial charge in [0.15, 0.2) is 0 Å². The summed E-state index contributed by atoms with van der Waals surface area (Å²) in [7, 11) is 0. The predicted octanol–water partition coefficient (Wildman–Crippen LogP) is 9.87. The molecule has 0 bridgehead atoms. The Hall–Kier alpha value is -5.67. The molecule has 0 fully saturated rings. The molecule has 0 saturated heterocycles. The van der Waals surface area contributed by atoms with Gasteiger partial charge in [-0.1, -0.05) is 54.6 Å². The third-order valence-electron chi connectivity index (χ3n) is 7.56. The Morgan fingerprint density at radius 1 is 0.214 bits per heavy atom. The van der Waals surface area contributed by atoms with Crippen LogP contribution in [0.5, 0.6) is 0 Å². The van der Waals surface area contributed by atoms with E-state index in [0.717, 1.165) is 16.7 Å². The van der Waals surface area contributed by atoms with Crippen LogP contribution in [0, 0.1) is 0 Å². The SMILES string of the molecule is c1cc(-c2ccncc2)cc(-c2cc(-c3cccc(-c4ccncc4)c3)cc(-c3cccc(-c4ccncc4)c3)c2)c1. The number of hydrogen-bond acceptors (Lipinski definition) is 3. The predicted molar refractivity (Wildman–Crippen MR) is 172 cm³/mol. The van der Waals surface area contributed by atoms with Crippen molar-refractivity contribution in [3.63, 3.8) is 0 Å². The summed E-state index contributed by atoms with van der Waals surface area (Å²) in [5, 5.41) is 0. The second kappa shape index (κ2) is 11.4. The van der Waals surface area contributed by atoms with Gasteiger partial charge in [-0.3, -0.25) is 15.0 Å². The highest BCUT2D eigenvalue weighted by Gasteiger charge is 2.11. The molecule has 42 heavy (non-hydrogen) atoms. The number of benzene rings is 4. The monoisotopic (exact) mass is 537 g/mol. The van der Waals surface area contributed by atoms with Crippen LogP contribution in [0.4, 0.5) is 0 Å². The second-order valence-electron chi connectivity index (χ2n) is 10.2. The zero-order valence-corrected chi connectivity index (χ0v) is 22.9. The van der Waals surface area contributed by atoms with Crippen LogP contribution in [-0.4, -0.2) is 15.0 Å². The van der Waals surface area contributed by atoms with E-state index in [-0.39, 0.29) is 0 Å². The number of rotatable bonds is 6. The number of hydrogen-bond donors (Lipinski definition) is 0. The third-order valence-corrected chi connectivity index (χ3v) is 7.56. The molecule has 3 nitrogen and oxygen atoms in total. The summed E-state index contributed by atoms with van der Waals surface area (Å²) in [5.74, 6) is 0. The van der Waals surface area contributed by atoms with E-state index in [1.54, 1.807) is 0 Å². The molecule has 0 atom stereocenters. The lowest BCUT2D eigenvalue weighted by Crippen LogP contribution is -1.88. The minimum atomic E-state index is 1.15. The van der Waals surface area contributed by atoms with Gasteiger partial charge in [-0.05, 0) is 140 Å². The second-order valence-corrected chi connectivity index (χ2v) is 10.2. The van der Waals surface area contributed by atoms with Gasteiger partial charge >= 0.3 is 0 Å². The van der Waals surface area contributed by atoms with Crippen molar-refractivity contribution < 1.29 is 0 Å². The van der Waals surface area contributed by atoms with Gasteiger partial charge in [0.1, 0.15) is 0 Å². The summed E-state index contributed by atoms with van der Waals surface area (Å²) < 4.78 is 0. The molecule has 0 unspecified atom stereocenters. The van der Waals surface area contributed by atoms with Crippen LogP contribution in [0.25, 0.3) is 66.8 Å². The Balaban J connectivity index is 1.38. The van der Waals surface area contributed by atoms with Crippen LogP contribution in [0.15, 0.2) is 165 Å². The minimum absolute atomic E-state index is 1.15. The van der Waals surface area contributed by atoms with Crippen LogP contribution < -0.4 is 0 Å². The van der Waals surface area contributed by atoms with E-state index in [9.17, 15) is 0 Å². The smallest absolute Gasteiger partial charge is 0.0273 e. The zero-order chi connectivity index (χ0) is 28.1. The molecule has 7 aromatic rings. The molecular formula is C39H27N3.